The van der Waals surface area contributed by atoms with Gasteiger partial charge in [0.2, 0.25) is 0 Å². The highest BCUT2D eigenvalue weighted by atomic mass is 35.5. The second kappa shape index (κ2) is 10.2. The normalized spacial score (nSPS) is 11.8. The third-order valence-corrected chi connectivity index (χ3v) is 6.10. The van der Waals surface area contributed by atoms with Crippen molar-refractivity contribution in [3.63, 3.8) is 0 Å². The van der Waals surface area contributed by atoms with Crippen LogP contribution >= 0.6 is 46.3 Å². The van der Waals surface area contributed by atoms with Crippen LogP contribution in [0.4, 0.5) is 0 Å². The predicted molar refractivity (Wildman–Crippen MR) is 106 cm³/mol. The molecule has 2 N–H and O–H groups in total. The molecule has 2 aromatic heterocycles. The van der Waals surface area contributed by atoms with Gasteiger partial charge in [-0.05, 0) is 19.4 Å². The lowest BCUT2D eigenvalue weighted by Crippen LogP contribution is -2.37. The molecule has 0 aliphatic heterocycles. The number of nitrogens with zero attached hydrogens (tertiary/aromatic N) is 3. The van der Waals surface area contributed by atoms with E-state index < -0.39 is 0 Å². The van der Waals surface area contributed by atoms with E-state index in [0.717, 1.165) is 41.3 Å². The maximum absolute atomic E-state index is 6.08. The zero-order valence-corrected chi connectivity index (χ0v) is 16.8. The number of hydrogen-bond donors (Lipinski definition) is 2. The molecule has 24 heavy (non-hydrogen) atoms. The van der Waals surface area contributed by atoms with E-state index in [9.17, 15) is 0 Å². The largest absolute Gasteiger partial charge is 0.357 e. The van der Waals surface area contributed by atoms with E-state index in [2.05, 4.69) is 20.6 Å². The molecule has 9 heteroatoms. The molecule has 0 bridgehead atoms. The third-order valence-electron chi connectivity index (χ3n) is 3.21. The van der Waals surface area contributed by atoms with Crippen molar-refractivity contribution >= 4 is 52.3 Å². The van der Waals surface area contributed by atoms with E-state index in [1.807, 2.05) is 36.2 Å². The number of guanidine groups is 1. The number of nitrogens with one attached hydrogen (secondary N) is 2. The van der Waals surface area contributed by atoms with Crippen molar-refractivity contribution in [2.24, 2.45) is 12.0 Å². The Morgan fingerprint density at radius 3 is 2.88 bits per heavy atom. The molecule has 0 aliphatic carbocycles. The van der Waals surface area contributed by atoms with Crippen LogP contribution in [0.5, 0.6) is 0 Å². The molecule has 2 rings (SSSR count). The molecule has 0 aromatic carbocycles. The molecule has 2 heterocycles. The summed E-state index contributed by atoms with van der Waals surface area (Å²) in [6.07, 6.45) is 2.87. The Bertz CT molecular complexity index is 655. The summed E-state index contributed by atoms with van der Waals surface area (Å²) in [6.45, 7) is 4.24. The van der Waals surface area contributed by atoms with Crippen LogP contribution in [0.1, 0.15) is 19.0 Å². The van der Waals surface area contributed by atoms with Gasteiger partial charge in [0.15, 0.2) is 5.96 Å². The molecule has 5 nitrogen and oxygen atoms in total. The van der Waals surface area contributed by atoms with Gasteiger partial charge in [-0.3, -0.25) is 0 Å². The van der Waals surface area contributed by atoms with E-state index in [1.54, 1.807) is 23.1 Å². The van der Waals surface area contributed by atoms with E-state index in [0.29, 0.717) is 16.7 Å². The van der Waals surface area contributed by atoms with Crippen LogP contribution < -0.4 is 10.6 Å². The van der Waals surface area contributed by atoms with Crippen LogP contribution in [-0.4, -0.2) is 34.4 Å². The molecule has 2 aromatic rings. The molecule has 0 atom stereocenters. The molecule has 132 valence electrons. The van der Waals surface area contributed by atoms with E-state index in [-0.39, 0.29) is 0 Å². The van der Waals surface area contributed by atoms with Crippen molar-refractivity contribution in [2.45, 2.75) is 24.2 Å². The zero-order valence-electron chi connectivity index (χ0n) is 13.7. The lowest BCUT2D eigenvalue weighted by atomic mass is 10.4. The first-order valence-electron chi connectivity index (χ1n) is 7.66. The van der Waals surface area contributed by atoms with Crippen molar-refractivity contribution in [3.05, 3.63) is 33.5 Å². The molecule has 0 aliphatic rings. The van der Waals surface area contributed by atoms with Crippen LogP contribution in [0, 0.1) is 0 Å². The molecule has 0 unspecified atom stereocenters. The van der Waals surface area contributed by atoms with Crippen LogP contribution in [-0.2, 0) is 13.6 Å². The fraction of sp³-hybridized carbons (Fsp3) is 0.467. The van der Waals surface area contributed by atoms with Crippen LogP contribution in [0.2, 0.25) is 10.2 Å². The summed E-state index contributed by atoms with van der Waals surface area (Å²) in [5.41, 5.74) is 0.974. The predicted octanol–water partition coefficient (Wildman–Crippen LogP) is 4.03. The average molecular weight is 406 g/mol. The molecule has 0 spiro atoms. The monoisotopic (exact) mass is 405 g/mol. The number of aliphatic imine (C=N–C) groups is 1. The lowest BCUT2D eigenvalue weighted by molar-refractivity contribution is 0.773. The van der Waals surface area contributed by atoms with Gasteiger partial charge in [-0.25, -0.2) is 9.98 Å². The number of thioether (sulfide) groups is 1. The molecule has 0 saturated heterocycles. The number of rotatable bonds is 8. The van der Waals surface area contributed by atoms with Crippen LogP contribution in [0.25, 0.3) is 0 Å². The van der Waals surface area contributed by atoms with Gasteiger partial charge in [-0.15, -0.1) is 11.3 Å². The number of aromatic nitrogens is 2. The second-order valence-electron chi connectivity index (χ2n) is 4.96. The van der Waals surface area contributed by atoms with Gasteiger partial charge in [0.05, 0.1) is 11.6 Å². The van der Waals surface area contributed by atoms with E-state index in [4.69, 9.17) is 23.2 Å². The van der Waals surface area contributed by atoms with E-state index in [1.165, 1.54) is 0 Å². The smallest absolute Gasteiger partial charge is 0.191 e. The maximum Gasteiger partial charge on any atom is 0.191 e. The molecule has 0 amide bonds. The fourth-order valence-corrected chi connectivity index (χ4v) is 4.03. The number of hydrogen-bond acceptors (Lipinski definition) is 4. The Labute approximate surface area is 160 Å². The Morgan fingerprint density at radius 1 is 1.42 bits per heavy atom. The quantitative estimate of drug-likeness (QED) is 0.301. The summed E-state index contributed by atoms with van der Waals surface area (Å²) < 4.78 is 2.97. The summed E-state index contributed by atoms with van der Waals surface area (Å²) in [5.74, 6) is 1.83. The first kappa shape index (κ1) is 19.4. The SMILES string of the molecule is CCNC(=NCc1cc(Cl)c(Cl)n1C)NCCCSc1nccs1. The Kier molecular flexibility index (Phi) is 8.24. The summed E-state index contributed by atoms with van der Waals surface area (Å²) >= 11 is 15.6. The fourth-order valence-electron chi connectivity index (χ4n) is 1.96. The minimum Gasteiger partial charge on any atom is -0.357 e. The third kappa shape index (κ3) is 5.88. The van der Waals surface area contributed by atoms with Gasteiger partial charge in [-0.1, -0.05) is 35.0 Å². The molecule has 0 radical (unpaired) electrons. The Balaban J connectivity index is 1.78. The highest BCUT2D eigenvalue weighted by Crippen LogP contribution is 2.25. The van der Waals surface area contributed by atoms with E-state index >= 15 is 0 Å². The van der Waals surface area contributed by atoms with Crippen molar-refractivity contribution in [3.8, 4) is 0 Å². The standard InChI is InChI=1S/C15H21Cl2N5S2/c1-3-18-14(19-5-4-7-23-15-20-6-8-24-15)21-10-11-9-12(16)13(17)22(11)2/h6,8-9H,3-5,7,10H2,1-2H3,(H2,18,19,21). The molecule has 0 saturated carbocycles. The second-order valence-corrected chi connectivity index (χ2v) is 7.96. The topological polar surface area (TPSA) is 54.2 Å². The number of halogens is 2. The van der Waals surface area contributed by atoms with Crippen LogP contribution in [0.15, 0.2) is 27.0 Å². The van der Waals surface area contributed by atoms with Crippen molar-refractivity contribution in [1.29, 1.82) is 0 Å². The molecule has 0 fully saturated rings. The van der Waals surface area contributed by atoms with Crippen LogP contribution in [0.3, 0.4) is 0 Å². The molecular formula is C15H21Cl2N5S2. The van der Waals surface area contributed by atoms with Gasteiger partial charge in [0.1, 0.15) is 9.49 Å². The Hall–Kier alpha value is -0.890. The Morgan fingerprint density at radius 2 is 2.25 bits per heavy atom. The minimum atomic E-state index is 0.520. The van der Waals surface area contributed by atoms with Gasteiger partial charge >= 0.3 is 0 Å². The van der Waals surface area contributed by atoms with Crippen molar-refractivity contribution in [2.75, 3.05) is 18.8 Å². The highest BCUT2D eigenvalue weighted by molar-refractivity contribution is 8.00. The maximum atomic E-state index is 6.08. The summed E-state index contributed by atoms with van der Waals surface area (Å²) in [5, 5.41) is 9.69. The van der Waals surface area contributed by atoms with Gasteiger partial charge < -0.3 is 15.2 Å². The minimum absolute atomic E-state index is 0.520. The van der Waals surface area contributed by atoms with Crippen molar-refractivity contribution < 1.29 is 0 Å². The first-order chi connectivity index (χ1) is 11.6. The first-order valence-corrected chi connectivity index (χ1v) is 10.3. The summed E-state index contributed by atoms with van der Waals surface area (Å²) in [4.78, 5) is 8.85. The lowest BCUT2D eigenvalue weighted by Gasteiger charge is -2.11. The zero-order chi connectivity index (χ0) is 17.4. The van der Waals surface area contributed by atoms with Gasteiger partial charge in [0.25, 0.3) is 0 Å². The molecular weight excluding hydrogens is 385 g/mol. The average Bonchev–Trinajstić information content (AvgIpc) is 3.17. The van der Waals surface area contributed by atoms with Crippen molar-refractivity contribution in [1.82, 2.24) is 20.2 Å². The number of thiazole rings is 1. The highest BCUT2D eigenvalue weighted by Gasteiger charge is 2.08. The van der Waals surface area contributed by atoms with Gasteiger partial charge in [-0.2, -0.15) is 0 Å². The van der Waals surface area contributed by atoms with Gasteiger partial charge in [0, 0.05) is 43.2 Å². The summed E-state index contributed by atoms with van der Waals surface area (Å²) in [6, 6.07) is 1.85. The summed E-state index contributed by atoms with van der Waals surface area (Å²) in [7, 11) is 1.88.